The Morgan fingerprint density at radius 2 is 1.94 bits per heavy atom. The number of fused-ring (bicyclic) bond motifs is 2. The summed E-state index contributed by atoms with van der Waals surface area (Å²) in [5, 5.41) is 3.62. The van der Waals surface area contributed by atoms with E-state index in [1.54, 1.807) is 0 Å². The summed E-state index contributed by atoms with van der Waals surface area (Å²) in [7, 11) is -2.90. The zero-order valence-electron chi connectivity index (χ0n) is 12.3. The summed E-state index contributed by atoms with van der Waals surface area (Å²) in [6.07, 6.45) is 5.23. The molecule has 2 fully saturated rings. The van der Waals surface area contributed by atoms with Crippen LogP contribution in [0.5, 0.6) is 0 Å². The molecule has 0 aromatic heterocycles. The molecular formula is C14H27NO2S. The smallest absolute Gasteiger partial charge is 0.148 e. The van der Waals surface area contributed by atoms with Gasteiger partial charge < -0.3 is 5.32 Å². The van der Waals surface area contributed by atoms with Gasteiger partial charge in [0.1, 0.15) is 9.84 Å². The van der Waals surface area contributed by atoms with E-state index in [1.165, 1.54) is 25.5 Å². The highest BCUT2D eigenvalue weighted by Crippen LogP contribution is 2.62. The number of rotatable bonds is 4. The van der Waals surface area contributed by atoms with E-state index in [1.807, 2.05) is 6.92 Å². The van der Waals surface area contributed by atoms with Crippen molar-refractivity contribution in [2.45, 2.75) is 59.0 Å². The Morgan fingerprint density at radius 3 is 2.39 bits per heavy atom. The van der Waals surface area contributed by atoms with Crippen molar-refractivity contribution in [1.82, 2.24) is 5.32 Å². The van der Waals surface area contributed by atoms with Crippen LogP contribution in [0.2, 0.25) is 0 Å². The highest BCUT2D eigenvalue weighted by atomic mass is 32.2. The third-order valence-electron chi connectivity index (χ3n) is 5.27. The molecule has 4 atom stereocenters. The summed E-state index contributed by atoms with van der Waals surface area (Å²) in [6.45, 7) is 9.04. The molecule has 3 nitrogen and oxygen atoms in total. The second kappa shape index (κ2) is 4.20. The van der Waals surface area contributed by atoms with E-state index in [9.17, 15) is 8.42 Å². The van der Waals surface area contributed by atoms with Crippen LogP contribution in [0.1, 0.15) is 47.0 Å². The van der Waals surface area contributed by atoms with Crippen molar-refractivity contribution in [3.63, 3.8) is 0 Å². The average molecular weight is 273 g/mol. The maximum atomic E-state index is 11.4. The molecule has 2 aliphatic carbocycles. The molecule has 0 radical (unpaired) electrons. The minimum Gasteiger partial charge on any atom is -0.309 e. The van der Waals surface area contributed by atoms with Crippen LogP contribution in [0.25, 0.3) is 0 Å². The second-order valence-corrected chi connectivity index (χ2v) is 9.69. The fraction of sp³-hybridized carbons (Fsp3) is 1.00. The summed E-state index contributed by atoms with van der Waals surface area (Å²) < 4.78 is 22.8. The Labute approximate surface area is 112 Å². The molecule has 1 N–H and O–H groups in total. The van der Waals surface area contributed by atoms with Crippen LogP contribution in [0, 0.1) is 16.7 Å². The molecule has 0 heterocycles. The highest BCUT2D eigenvalue weighted by Gasteiger charge is 2.59. The Hall–Kier alpha value is -0.0900. The zero-order valence-corrected chi connectivity index (χ0v) is 13.1. The van der Waals surface area contributed by atoms with Gasteiger partial charge >= 0.3 is 0 Å². The van der Waals surface area contributed by atoms with Crippen molar-refractivity contribution in [3.05, 3.63) is 0 Å². The van der Waals surface area contributed by atoms with Crippen LogP contribution >= 0.6 is 0 Å². The van der Waals surface area contributed by atoms with Gasteiger partial charge in [0.05, 0.1) is 5.75 Å². The maximum Gasteiger partial charge on any atom is 0.148 e. The van der Waals surface area contributed by atoms with Crippen LogP contribution in [0.15, 0.2) is 0 Å². The molecular weight excluding hydrogens is 246 g/mol. The third-order valence-corrected chi connectivity index (χ3v) is 6.38. The zero-order chi connectivity index (χ0) is 13.8. The van der Waals surface area contributed by atoms with E-state index in [2.05, 4.69) is 26.1 Å². The summed E-state index contributed by atoms with van der Waals surface area (Å²) in [5.41, 5.74) is 0.651. The number of hydrogen-bond acceptors (Lipinski definition) is 3. The van der Waals surface area contributed by atoms with Gasteiger partial charge in [0.2, 0.25) is 0 Å². The van der Waals surface area contributed by atoms with Gasteiger partial charge in [-0.15, -0.1) is 0 Å². The Kier molecular flexibility index (Phi) is 3.34. The van der Waals surface area contributed by atoms with Gasteiger partial charge in [-0.1, -0.05) is 20.8 Å². The molecule has 0 aromatic carbocycles. The van der Waals surface area contributed by atoms with Gasteiger partial charge in [0.25, 0.3) is 0 Å². The first kappa shape index (κ1) is 14.3. The largest absolute Gasteiger partial charge is 0.309 e. The molecule has 106 valence electrons. The molecule has 0 amide bonds. The molecule has 0 saturated heterocycles. The standard InChI is InChI=1S/C14H27NO2S/c1-10(9-18(5,16)17)15-12-13(2,3)11-6-7-14(12,4)8-11/h10-12,15H,6-9H2,1-5H3/t10?,11-,12?,14+/m0/s1. The Balaban J connectivity index is 2.09. The van der Waals surface area contributed by atoms with Gasteiger partial charge in [0, 0.05) is 18.3 Å². The topological polar surface area (TPSA) is 46.2 Å². The van der Waals surface area contributed by atoms with Crippen molar-refractivity contribution in [1.29, 1.82) is 0 Å². The lowest BCUT2D eigenvalue weighted by Crippen LogP contribution is -2.54. The molecule has 0 aliphatic heterocycles. The maximum absolute atomic E-state index is 11.4. The first-order chi connectivity index (χ1) is 8.05. The van der Waals surface area contributed by atoms with E-state index < -0.39 is 9.84 Å². The van der Waals surface area contributed by atoms with Crippen LogP contribution in [-0.2, 0) is 9.84 Å². The summed E-state index contributed by atoms with van der Waals surface area (Å²) >= 11 is 0. The molecule has 2 rings (SSSR count). The van der Waals surface area contributed by atoms with Crippen molar-refractivity contribution >= 4 is 9.84 Å². The van der Waals surface area contributed by atoms with Crippen LogP contribution in [0.3, 0.4) is 0 Å². The van der Waals surface area contributed by atoms with Gasteiger partial charge in [-0.3, -0.25) is 0 Å². The average Bonchev–Trinajstić information content (AvgIpc) is 2.61. The molecule has 2 unspecified atom stereocenters. The fourth-order valence-corrected chi connectivity index (χ4v) is 5.51. The molecule has 2 saturated carbocycles. The Morgan fingerprint density at radius 1 is 1.33 bits per heavy atom. The normalized spacial score (nSPS) is 40.1. The number of hydrogen-bond donors (Lipinski definition) is 1. The SMILES string of the molecule is CC(CS(C)(=O)=O)NC1C(C)(C)[C@H]2CC[C@]1(C)C2. The summed E-state index contributed by atoms with van der Waals surface area (Å²) in [5.74, 6) is 1.03. The van der Waals surface area contributed by atoms with Crippen LogP contribution in [-0.4, -0.2) is 32.5 Å². The lowest BCUT2D eigenvalue weighted by Gasteiger charge is -2.44. The fourth-order valence-electron chi connectivity index (χ4n) is 4.50. The van der Waals surface area contributed by atoms with Crippen LogP contribution < -0.4 is 5.32 Å². The predicted octanol–water partition coefficient (Wildman–Crippen LogP) is 2.22. The first-order valence-corrected chi connectivity index (χ1v) is 9.04. The van der Waals surface area contributed by atoms with E-state index in [0.717, 1.165) is 5.92 Å². The van der Waals surface area contributed by atoms with Gasteiger partial charge in [0.15, 0.2) is 0 Å². The van der Waals surface area contributed by atoms with Crippen molar-refractivity contribution < 1.29 is 8.42 Å². The monoisotopic (exact) mass is 273 g/mol. The molecule has 0 aromatic rings. The Bertz CT molecular complexity index is 424. The van der Waals surface area contributed by atoms with E-state index in [0.29, 0.717) is 16.9 Å². The molecule has 4 heteroatoms. The number of nitrogens with one attached hydrogen (secondary N) is 1. The van der Waals surface area contributed by atoms with Gasteiger partial charge in [-0.2, -0.15) is 0 Å². The van der Waals surface area contributed by atoms with Crippen LogP contribution in [0.4, 0.5) is 0 Å². The molecule has 2 bridgehead atoms. The number of sulfone groups is 1. The van der Waals surface area contributed by atoms with Gasteiger partial charge in [-0.05, 0) is 42.9 Å². The molecule has 18 heavy (non-hydrogen) atoms. The van der Waals surface area contributed by atoms with Crippen molar-refractivity contribution in [3.8, 4) is 0 Å². The highest BCUT2D eigenvalue weighted by molar-refractivity contribution is 7.90. The van der Waals surface area contributed by atoms with Crippen molar-refractivity contribution in [2.75, 3.05) is 12.0 Å². The third kappa shape index (κ3) is 2.46. The summed E-state index contributed by atoms with van der Waals surface area (Å²) in [4.78, 5) is 0. The predicted molar refractivity (Wildman–Crippen MR) is 75.3 cm³/mol. The lowest BCUT2D eigenvalue weighted by molar-refractivity contribution is 0.102. The first-order valence-electron chi connectivity index (χ1n) is 6.98. The second-order valence-electron chi connectivity index (χ2n) is 7.51. The van der Waals surface area contributed by atoms with E-state index in [4.69, 9.17) is 0 Å². The van der Waals surface area contributed by atoms with Gasteiger partial charge in [-0.25, -0.2) is 8.42 Å². The minimum absolute atomic E-state index is 0.0421. The minimum atomic E-state index is -2.90. The molecule has 2 aliphatic rings. The van der Waals surface area contributed by atoms with E-state index >= 15 is 0 Å². The quantitative estimate of drug-likeness (QED) is 0.854. The van der Waals surface area contributed by atoms with Crippen molar-refractivity contribution in [2.24, 2.45) is 16.7 Å². The summed E-state index contributed by atoms with van der Waals surface area (Å²) in [6, 6.07) is 0.487. The van der Waals surface area contributed by atoms with E-state index in [-0.39, 0.29) is 11.8 Å². The lowest BCUT2D eigenvalue weighted by atomic mass is 9.68. The molecule has 0 spiro atoms.